The number of esters is 1. The molecule has 1 heterocycles. The Morgan fingerprint density at radius 2 is 1.80 bits per heavy atom. The molecule has 1 aromatic carbocycles. The van der Waals surface area contributed by atoms with Crippen LogP contribution in [-0.2, 0) is 14.3 Å². The van der Waals surface area contributed by atoms with Gasteiger partial charge < -0.3 is 10.1 Å². The molecule has 0 bridgehead atoms. The first-order valence-electron chi connectivity index (χ1n) is 7.97. The van der Waals surface area contributed by atoms with E-state index in [1.54, 1.807) is 6.07 Å². The Kier molecular flexibility index (Phi) is 6.47. The van der Waals surface area contributed by atoms with Gasteiger partial charge in [0.05, 0.1) is 11.3 Å². The number of hydrogen-bond donors (Lipinski definition) is 1. The van der Waals surface area contributed by atoms with Gasteiger partial charge in [-0.3, -0.25) is 14.4 Å². The van der Waals surface area contributed by atoms with Crippen molar-refractivity contribution >= 4 is 34.7 Å². The number of anilines is 1. The fraction of sp³-hybridized carbons (Fsp3) is 0.316. The zero-order chi connectivity index (χ0) is 18.4. The maximum absolute atomic E-state index is 11.9. The third-order valence-corrected chi connectivity index (χ3v) is 4.63. The average molecular weight is 359 g/mol. The number of ketones is 1. The molecule has 2 rings (SSSR count). The number of hydrogen-bond acceptors (Lipinski definition) is 5. The Bertz CT molecular complexity index is 794. The summed E-state index contributed by atoms with van der Waals surface area (Å²) in [6.45, 7) is 5.42. The Labute approximate surface area is 151 Å². The molecular formula is C19H21NO4S. The second-order valence-corrected chi connectivity index (χ2v) is 7.15. The van der Waals surface area contributed by atoms with Gasteiger partial charge in [-0.05, 0) is 44.5 Å². The number of amides is 1. The highest BCUT2D eigenvalue weighted by Gasteiger charge is 2.13. The number of ether oxygens (including phenoxy) is 1. The number of benzene rings is 1. The van der Waals surface area contributed by atoms with Crippen LogP contribution >= 0.6 is 11.3 Å². The first-order valence-corrected chi connectivity index (χ1v) is 8.79. The van der Waals surface area contributed by atoms with Crippen molar-refractivity contribution in [3.63, 3.8) is 0 Å². The van der Waals surface area contributed by atoms with E-state index in [-0.39, 0.29) is 25.2 Å². The molecule has 0 saturated heterocycles. The molecule has 0 unspecified atom stereocenters. The number of nitrogens with one attached hydrogen (secondary N) is 1. The van der Waals surface area contributed by atoms with Crippen molar-refractivity contribution in [3.8, 4) is 0 Å². The lowest BCUT2D eigenvalue weighted by Crippen LogP contribution is -2.21. The molecule has 0 aliphatic carbocycles. The zero-order valence-electron chi connectivity index (χ0n) is 14.5. The molecule has 6 heteroatoms. The van der Waals surface area contributed by atoms with Crippen LogP contribution in [0.3, 0.4) is 0 Å². The molecule has 2 aromatic rings. The summed E-state index contributed by atoms with van der Waals surface area (Å²) < 4.78 is 4.93. The number of carbonyl (C=O) groups excluding carboxylic acids is 3. The van der Waals surface area contributed by atoms with Crippen LogP contribution in [0.15, 0.2) is 30.3 Å². The minimum absolute atomic E-state index is 0.0351. The first-order chi connectivity index (χ1) is 11.8. The van der Waals surface area contributed by atoms with E-state index in [1.165, 1.54) is 11.3 Å². The van der Waals surface area contributed by atoms with Crippen molar-refractivity contribution < 1.29 is 19.1 Å². The summed E-state index contributed by atoms with van der Waals surface area (Å²) in [5.41, 5.74) is 2.74. The molecule has 0 aliphatic rings. The molecule has 0 saturated carbocycles. The second kappa shape index (κ2) is 8.58. The summed E-state index contributed by atoms with van der Waals surface area (Å²) in [5, 5.41) is 2.70. The van der Waals surface area contributed by atoms with Crippen molar-refractivity contribution in [1.82, 2.24) is 0 Å². The minimum Gasteiger partial charge on any atom is -0.456 e. The SMILES string of the molecule is Cc1ccc(NC(=O)COC(=O)CCC(=O)c2ccc(C)s2)c(C)c1. The number of carbonyl (C=O) groups is 3. The predicted octanol–water partition coefficient (Wildman–Crippen LogP) is 3.82. The van der Waals surface area contributed by atoms with Crippen LogP contribution in [0.1, 0.15) is 38.5 Å². The van der Waals surface area contributed by atoms with E-state index in [9.17, 15) is 14.4 Å². The lowest BCUT2D eigenvalue weighted by molar-refractivity contribution is -0.147. The molecule has 0 spiro atoms. The summed E-state index contributed by atoms with van der Waals surface area (Å²) in [5.74, 6) is -1.05. The standard InChI is InChI=1S/C19H21NO4S/c1-12-4-6-15(13(2)10-12)20-18(22)11-24-19(23)9-7-16(21)17-8-5-14(3)25-17/h4-6,8,10H,7,9,11H2,1-3H3,(H,20,22). The predicted molar refractivity (Wildman–Crippen MR) is 98.1 cm³/mol. The second-order valence-electron chi connectivity index (χ2n) is 5.86. The smallest absolute Gasteiger partial charge is 0.306 e. The Morgan fingerprint density at radius 3 is 2.44 bits per heavy atom. The van der Waals surface area contributed by atoms with Crippen molar-refractivity contribution in [2.75, 3.05) is 11.9 Å². The third kappa shape index (κ3) is 5.83. The molecule has 0 aliphatic heterocycles. The highest BCUT2D eigenvalue weighted by molar-refractivity contribution is 7.14. The molecule has 0 fully saturated rings. The van der Waals surface area contributed by atoms with Gasteiger partial charge in [0.2, 0.25) is 0 Å². The van der Waals surface area contributed by atoms with Crippen molar-refractivity contribution in [3.05, 3.63) is 51.2 Å². The molecule has 0 radical (unpaired) electrons. The molecule has 1 amide bonds. The van der Waals surface area contributed by atoms with E-state index in [2.05, 4.69) is 5.32 Å². The molecule has 0 atom stereocenters. The minimum atomic E-state index is -0.558. The van der Waals surface area contributed by atoms with E-state index in [0.717, 1.165) is 16.0 Å². The fourth-order valence-electron chi connectivity index (χ4n) is 2.28. The fourth-order valence-corrected chi connectivity index (χ4v) is 3.12. The Hall–Kier alpha value is -2.47. The van der Waals surface area contributed by atoms with Crippen LogP contribution in [-0.4, -0.2) is 24.3 Å². The van der Waals surface area contributed by atoms with Gasteiger partial charge in [0.25, 0.3) is 5.91 Å². The summed E-state index contributed by atoms with van der Waals surface area (Å²) in [4.78, 5) is 37.2. The van der Waals surface area contributed by atoms with Gasteiger partial charge in [-0.15, -0.1) is 11.3 Å². The topological polar surface area (TPSA) is 72.5 Å². The quantitative estimate of drug-likeness (QED) is 0.602. The van der Waals surface area contributed by atoms with Crippen LogP contribution in [0.5, 0.6) is 0 Å². The van der Waals surface area contributed by atoms with Crippen molar-refractivity contribution in [2.45, 2.75) is 33.6 Å². The van der Waals surface area contributed by atoms with Gasteiger partial charge >= 0.3 is 5.97 Å². The van der Waals surface area contributed by atoms with Crippen LogP contribution in [0.25, 0.3) is 0 Å². The van der Waals surface area contributed by atoms with Gasteiger partial charge in [-0.1, -0.05) is 17.7 Å². The normalized spacial score (nSPS) is 10.4. The van der Waals surface area contributed by atoms with Crippen LogP contribution in [0.4, 0.5) is 5.69 Å². The van der Waals surface area contributed by atoms with E-state index in [1.807, 2.05) is 45.0 Å². The molecule has 25 heavy (non-hydrogen) atoms. The van der Waals surface area contributed by atoms with E-state index in [4.69, 9.17) is 4.74 Å². The Balaban J connectivity index is 1.74. The van der Waals surface area contributed by atoms with Gasteiger partial charge in [-0.2, -0.15) is 0 Å². The van der Waals surface area contributed by atoms with Crippen molar-refractivity contribution in [1.29, 1.82) is 0 Å². The van der Waals surface area contributed by atoms with Gasteiger partial charge in [-0.25, -0.2) is 0 Å². The monoisotopic (exact) mass is 359 g/mol. The largest absolute Gasteiger partial charge is 0.456 e. The highest BCUT2D eigenvalue weighted by Crippen LogP contribution is 2.18. The lowest BCUT2D eigenvalue weighted by Gasteiger charge is -2.09. The highest BCUT2D eigenvalue weighted by atomic mass is 32.1. The average Bonchev–Trinajstić information content (AvgIpc) is 3.00. The van der Waals surface area contributed by atoms with E-state index < -0.39 is 11.9 Å². The number of aryl methyl sites for hydroxylation is 3. The maximum Gasteiger partial charge on any atom is 0.306 e. The van der Waals surface area contributed by atoms with Gasteiger partial charge in [0, 0.05) is 17.0 Å². The number of Topliss-reactive ketones (excluding diaryl/α,β-unsaturated/α-hetero) is 1. The number of thiophene rings is 1. The maximum atomic E-state index is 11.9. The summed E-state index contributed by atoms with van der Waals surface area (Å²) in [6, 6.07) is 9.29. The summed E-state index contributed by atoms with van der Waals surface area (Å²) >= 11 is 1.40. The lowest BCUT2D eigenvalue weighted by atomic mass is 10.1. The van der Waals surface area contributed by atoms with Gasteiger partial charge in [0.15, 0.2) is 12.4 Å². The third-order valence-electron chi connectivity index (χ3n) is 3.59. The molecule has 1 N–H and O–H groups in total. The molecule has 132 valence electrons. The number of rotatable bonds is 7. The molecule has 5 nitrogen and oxygen atoms in total. The van der Waals surface area contributed by atoms with E-state index >= 15 is 0 Å². The van der Waals surface area contributed by atoms with Gasteiger partial charge in [0.1, 0.15) is 0 Å². The zero-order valence-corrected chi connectivity index (χ0v) is 15.4. The molecule has 1 aromatic heterocycles. The Morgan fingerprint density at radius 1 is 1.04 bits per heavy atom. The van der Waals surface area contributed by atoms with E-state index in [0.29, 0.717) is 10.6 Å². The summed E-state index contributed by atoms with van der Waals surface area (Å²) in [7, 11) is 0. The van der Waals surface area contributed by atoms with Crippen LogP contribution < -0.4 is 5.32 Å². The first kappa shape index (κ1) is 18.9. The van der Waals surface area contributed by atoms with Crippen molar-refractivity contribution in [2.24, 2.45) is 0 Å². The van der Waals surface area contributed by atoms with Crippen LogP contribution in [0.2, 0.25) is 0 Å². The summed E-state index contributed by atoms with van der Waals surface area (Å²) in [6.07, 6.45) is 0.0457. The molecular weight excluding hydrogens is 338 g/mol. The van der Waals surface area contributed by atoms with Crippen LogP contribution in [0, 0.1) is 20.8 Å².